The predicted molar refractivity (Wildman–Crippen MR) is 118 cm³/mol. The van der Waals surface area contributed by atoms with Crippen molar-refractivity contribution in [2.45, 2.75) is 50.5 Å². The average Bonchev–Trinajstić information content (AvgIpc) is 2.97. The van der Waals surface area contributed by atoms with Gasteiger partial charge < -0.3 is 10.4 Å². The molecule has 0 spiro atoms. The van der Waals surface area contributed by atoms with Gasteiger partial charge in [-0.1, -0.05) is 36.8 Å². The van der Waals surface area contributed by atoms with Crippen LogP contribution in [-0.4, -0.2) is 20.8 Å². The summed E-state index contributed by atoms with van der Waals surface area (Å²) in [4.78, 5) is 12.9. The van der Waals surface area contributed by atoms with Crippen LogP contribution in [0.15, 0.2) is 48.5 Å². The fourth-order valence-corrected chi connectivity index (χ4v) is 4.28. The van der Waals surface area contributed by atoms with Gasteiger partial charge in [0.2, 0.25) is 5.91 Å². The lowest BCUT2D eigenvalue weighted by molar-refractivity contribution is -0.120. The van der Waals surface area contributed by atoms with Gasteiger partial charge in [-0.05, 0) is 49.4 Å². The highest BCUT2D eigenvalue weighted by molar-refractivity contribution is 5.91. The first-order valence-electron chi connectivity index (χ1n) is 10.8. The molecule has 32 heavy (non-hydrogen) atoms. The van der Waals surface area contributed by atoms with Gasteiger partial charge in [0.1, 0.15) is 17.5 Å². The van der Waals surface area contributed by atoms with Gasteiger partial charge in [-0.25, -0.2) is 8.78 Å². The monoisotopic (exact) mass is 439 g/mol. The molecule has 3 aromatic rings. The zero-order valence-corrected chi connectivity index (χ0v) is 18.2. The lowest BCUT2D eigenvalue weighted by atomic mass is 9.79. The highest BCUT2D eigenvalue weighted by Gasteiger charge is 2.32. The van der Waals surface area contributed by atoms with Gasteiger partial charge >= 0.3 is 0 Å². The number of aromatic nitrogens is 2. The van der Waals surface area contributed by atoms with Crippen molar-refractivity contribution in [1.29, 1.82) is 0 Å². The van der Waals surface area contributed by atoms with Crippen LogP contribution in [0.4, 0.5) is 14.6 Å². The van der Waals surface area contributed by atoms with E-state index in [1.165, 1.54) is 37.3 Å². The Labute approximate surface area is 186 Å². The van der Waals surface area contributed by atoms with Crippen LogP contribution in [-0.2, 0) is 23.9 Å². The topological polar surface area (TPSA) is 67.2 Å². The molecule has 1 saturated carbocycles. The Morgan fingerprint density at radius 2 is 1.88 bits per heavy atom. The number of aliphatic hydroxyl groups is 1. The minimum Gasteiger partial charge on any atom is -0.385 e. The van der Waals surface area contributed by atoms with Gasteiger partial charge in [0.05, 0.1) is 17.7 Å². The zero-order chi connectivity index (χ0) is 22.9. The standard InChI is InChI=1S/C25H27F2N3O2/c1-25(32,19-8-3-4-9-20(19)27)15-22(31)28-24-23(17-6-5-7-17)21(29-30(24)2)14-16-10-12-18(26)13-11-16/h3-4,8-13,17,32H,5-7,14-15H2,1-2H3,(H,28,31)/t25-/m1/s1. The summed E-state index contributed by atoms with van der Waals surface area (Å²) in [5, 5.41) is 18.3. The third-order valence-corrected chi connectivity index (χ3v) is 6.18. The molecular weight excluding hydrogens is 412 g/mol. The molecule has 1 atom stereocenters. The van der Waals surface area contributed by atoms with Crippen LogP contribution < -0.4 is 5.32 Å². The summed E-state index contributed by atoms with van der Waals surface area (Å²) in [6, 6.07) is 12.2. The summed E-state index contributed by atoms with van der Waals surface area (Å²) in [6.45, 7) is 1.43. The second-order valence-electron chi connectivity index (χ2n) is 8.74. The number of hydrogen-bond acceptors (Lipinski definition) is 3. The largest absolute Gasteiger partial charge is 0.385 e. The summed E-state index contributed by atoms with van der Waals surface area (Å²) in [5.74, 6) is -0.371. The SMILES string of the molecule is Cn1nc(Cc2ccc(F)cc2)c(C2CCC2)c1NC(=O)C[C@@](C)(O)c1ccccc1F. The third kappa shape index (κ3) is 4.58. The summed E-state index contributed by atoms with van der Waals surface area (Å²) < 4.78 is 29.1. The van der Waals surface area contributed by atoms with E-state index in [0.717, 1.165) is 36.1 Å². The van der Waals surface area contributed by atoms with E-state index in [0.29, 0.717) is 18.2 Å². The number of amides is 1. The van der Waals surface area contributed by atoms with Crippen LogP contribution in [0.1, 0.15) is 60.9 Å². The molecule has 0 unspecified atom stereocenters. The number of benzene rings is 2. The van der Waals surface area contributed by atoms with E-state index in [4.69, 9.17) is 0 Å². The molecule has 1 aliphatic carbocycles. The van der Waals surface area contributed by atoms with E-state index in [2.05, 4.69) is 10.4 Å². The molecule has 1 fully saturated rings. The van der Waals surface area contributed by atoms with Gasteiger partial charge in [-0.3, -0.25) is 9.48 Å². The Hall–Kier alpha value is -3.06. The van der Waals surface area contributed by atoms with Gasteiger partial charge in [0.15, 0.2) is 0 Å². The molecule has 7 heteroatoms. The number of rotatable bonds is 7. The quantitative estimate of drug-likeness (QED) is 0.556. The second-order valence-corrected chi connectivity index (χ2v) is 8.74. The molecule has 0 aliphatic heterocycles. The average molecular weight is 440 g/mol. The van der Waals surface area contributed by atoms with Crippen molar-refractivity contribution in [3.63, 3.8) is 0 Å². The molecule has 2 aromatic carbocycles. The normalized spacial score (nSPS) is 15.8. The van der Waals surface area contributed by atoms with E-state index in [9.17, 15) is 18.7 Å². The Bertz CT molecular complexity index is 1120. The number of nitrogens with zero attached hydrogens (tertiary/aromatic N) is 2. The van der Waals surface area contributed by atoms with Crippen LogP contribution in [0.3, 0.4) is 0 Å². The van der Waals surface area contributed by atoms with Crippen molar-refractivity contribution in [2.24, 2.45) is 7.05 Å². The second kappa shape index (κ2) is 8.82. The van der Waals surface area contributed by atoms with Crippen LogP contribution in [0.25, 0.3) is 0 Å². The Kier molecular flexibility index (Phi) is 6.11. The molecule has 1 heterocycles. The zero-order valence-electron chi connectivity index (χ0n) is 18.2. The fraction of sp³-hybridized carbons (Fsp3) is 0.360. The lowest BCUT2D eigenvalue weighted by Crippen LogP contribution is -2.30. The molecule has 0 bridgehead atoms. The molecule has 1 amide bonds. The Balaban J connectivity index is 1.57. The lowest BCUT2D eigenvalue weighted by Gasteiger charge is -2.27. The number of carbonyl (C=O) groups is 1. The highest BCUT2D eigenvalue weighted by Crippen LogP contribution is 2.42. The summed E-state index contributed by atoms with van der Waals surface area (Å²) in [7, 11) is 1.76. The van der Waals surface area contributed by atoms with E-state index >= 15 is 0 Å². The first-order chi connectivity index (χ1) is 15.2. The number of aryl methyl sites for hydroxylation is 1. The highest BCUT2D eigenvalue weighted by atomic mass is 19.1. The molecule has 0 saturated heterocycles. The van der Waals surface area contributed by atoms with Crippen molar-refractivity contribution < 1.29 is 18.7 Å². The molecule has 168 valence electrons. The Morgan fingerprint density at radius 3 is 2.50 bits per heavy atom. The first kappa shape index (κ1) is 22.1. The third-order valence-electron chi connectivity index (χ3n) is 6.18. The van der Waals surface area contributed by atoms with Gasteiger partial charge in [-0.2, -0.15) is 5.10 Å². The summed E-state index contributed by atoms with van der Waals surface area (Å²) in [6.07, 6.45) is 3.38. The summed E-state index contributed by atoms with van der Waals surface area (Å²) in [5.41, 5.74) is 1.20. The van der Waals surface area contributed by atoms with Crippen molar-refractivity contribution in [2.75, 3.05) is 5.32 Å². The molecule has 2 N–H and O–H groups in total. The molecule has 4 rings (SSSR count). The van der Waals surface area contributed by atoms with Crippen molar-refractivity contribution in [1.82, 2.24) is 9.78 Å². The maximum absolute atomic E-state index is 14.2. The molecule has 1 aromatic heterocycles. The molecule has 1 aliphatic rings. The number of anilines is 1. The van der Waals surface area contributed by atoms with Gasteiger partial charge in [0.25, 0.3) is 0 Å². The minimum atomic E-state index is -1.65. The van der Waals surface area contributed by atoms with E-state index in [1.54, 1.807) is 29.9 Å². The van der Waals surface area contributed by atoms with Crippen molar-refractivity contribution >= 4 is 11.7 Å². The van der Waals surface area contributed by atoms with Crippen molar-refractivity contribution in [3.05, 3.63) is 82.5 Å². The first-order valence-corrected chi connectivity index (χ1v) is 10.8. The Morgan fingerprint density at radius 1 is 1.19 bits per heavy atom. The maximum atomic E-state index is 14.2. The molecular formula is C25H27F2N3O2. The van der Waals surface area contributed by atoms with Crippen LogP contribution in [0.2, 0.25) is 0 Å². The smallest absolute Gasteiger partial charge is 0.228 e. The van der Waals surface area contributed by atoms with Crippen LogP contribution >= 0.6 is 0 Å². The van der Waals surface area contributed by atoms with E-state index in [-0.39, 0.29) is 17.8 Å². The number of carbonyl (C=O) groups excluding carboxylic acids is 1. The number of nitrogens with one attached hydrogen (secondary N) is 1. The number of halogens is 2. The van der Waals surface area contributed by atoms with Crippen molar-refractivity contribution in [3.8, 4) is 0 Å². The molecule has 5 nitrogen and oxygen atoms in total. The van der Waals surface area contributed by atoms with E-state index < -0.39 is 17.3 Å². The van der Waals surface area contributed by atoms with Crippen LogP contribution in [0, 0.1) is 11.6 Å². The van der Waals surface area contributed by atoms with Gasteiger partial charge in [-0.15, -0.1) is 0 Å². The predicted octanol–water partition coefficient (Wildman–Crippen LogP) is 4.79. The number of hydrogen-bond donors (Lipinski definition) is 2. The van der Waals surface area contributed by atoms with Crippen LogP contribution in [0.5, 0.6) is 0 Å². The fourth-order valence-electron chi connectivity index (χ4n) is 4.28. The molecule has 0 radical (unpaired) electrons. The summed E-state index contributed by atoms with van der Waals surface area (Å²) >= 11 is 0. The van der Waals surface area contributed by atoms with E-state index in [1.807, 2.05) is 0 Å². The minimum absolute atomic E-state index is 0.0800. The van der Waals surface area contributed by atoms with Gasteiger partial charge in [0, 0.05) is 24.6 Å². The maximum Gasteiger partial charge on any atom is 0.228 e.